The lowest BCUT2D eigenvalue weighted by atomic mass is 10.1. The fourth-order valence-corrected chi connectivity index (χ4v) is 2.53. The number of hydrogen-bond acceptors (Lipinski definition) is 4. The monoisotopic (exact) mass is 373 g/mol. The van der Waals surface area contributed by atoms with Crippen LogP contribution in [0.1, 0.15) is 18.5 Å². The second-order valence-electron chi connectivity index (χ2n) is 5.24. The van der Waals surface area contributed by atoms with Crippen LogP contribution in [0.15, 0.2) is 36.9 Å². The van der Waals surface area contributed by atoms with Gasteiger partial charge in [-0.3, -0.25) is 0 Å². The Morgan fingerprint density at radius 3 is 2.60 bits per heavy atom. The molecule has 1 atom stereocenters. The Kier molecular flexibility index (Phi) is 6.29. The standard InChI is InChI=1S/C15H18F3N5OS/c1-11(22(2)14(24)20-7-8-25-15(16,17)18)12-3-5-13(6-4-12)23-10-19-9-21-23/h3-6,9-11H,7-8H2,1-2H3,(H,20,24)/t11-/m1/s1. The van der Waals surface area contributed by atoms with E-state index >= 15 is 0 Å². The van der Waals surface area contributed by atoms with Crippen LogP contribution in [0.2, 0.25) is 0 Å². The highest BCUT2D eigenvalue weighted by Crippen LogP contribution is 2.29. The van der Waals surface area contributed by atoms with Crippen LogP contribution in [0.3, 0.4) is 0 Å². The fourth-order valence-electron chi connectivity index (χ4n) is 2.10. The van der Waals surface area contributed by atoms with Crippen molar-refractivity contribution in [1.82, 2.24) is 25.0 Å². The van der Waals surface area contributed by atoms with E-state index < -0.39 is 11.5 Å². The molecule has 0 aliphatic rings. The molecule has 1 heterocycles. The maximum atomic E-state index is 12.1. The third-order valence-electron chi connectivity index (χ3n) is 3.60. The molecule has 0 unspecified atom stereocenters. The van der Waals surface area contributed by atoms with Crippen LogP contribution in [0.25, 0.3) is 5.69 Å². The molecule has 136 valence electrons. The van der Waals surface area contributed by atoms with Gasteiger partial charge in [0.2, 0.25) is 0 Å². The van der Waals surface area contributed by atoms with Gasteiger partial charge in [-0.15, -0.1) is 0 Å². The second-order valence-corrected chi connectivity index (χ2v) is 6.40. The summed E-state index contributed by atoms with van der Waals surface area (Å²) >= 11 is -0.154. The number of nitrogens with one attached hydrogen (secondary N) is 1. The van der Waals surface area contributed by atoms with Crippen molar-refractivity contribution in [2.75, 3.05) is 19.3 Å². The van der Waals surface area contributed by atoms with Crippen molar-refractivity contribution < 1.29 is 18.0 Å². The summed E-state index contributed by atoms with van der Waals surface area (Å²) in [5.41, 5.74) is -2.55. The average molecular weight is 373 g/mol. The van der Waals surface area contributed by atoms with Crippen molar-refractivity contribution in [1.29, 1.82) is 0 Å². The minimum Gasteiger partial charge on any atom is -0.337 e. The molecule has 25 heavy (non-hydrogen) atoms. The van der Waals surface area contributed by atoms with Crippen molar-refractivity contribution in [3.8, 4) is 5.69 Å². The predicted molar refractivity (Wildman–Crippen MR) is 89.4 cm³/mol. The van der Waals surface area contributed by atoms with Gasteiger partial charge in [-0.05, 0) is 36.4 Å². The van der Waals surface area contributed by atoms with E-state index in [9.17, 15) is 18.0 Å². The molecule has 10 heteroatoms. The summed E-state index contributed by atoms with van der Waals surface area (Å²) in [5.74, 6) is -0.218. The van der Waals surface area contributed by atoms with E-state index in [0.717, 1.165) is 11.3 Å². The number of alkyl halides is 3. The molecule has 2 amide bonds. The van der Waals surface area contributed by atoms with E-state index in [1.54, 1.807) is 18.1 Å². The number of benzene rings is 1. The van der Waals surface area contributed by atoms with Gasteiger partial charge < -0.3 is 10.2 Å². The molecule has 0 saturated carbocycles. The molecule has 1 aromatic carbocycles. The molecule has 0 aliphatic heterocycles. The highest BCUT2D eigenvalue weighted by molar-refractivity contribution is 8.00. The highest BCUT2D eigenvalue weighted by Gasteiger charge is 2.27. The SMILES string of the molecule is C[C@H](c1ccc(-n2cncn2)cc1)N(C)C(=O)NCCSC(F)(F)F. The zero-order chi connectivity index (χ0) is 18.4. The summed E-state index contributed by atoms with van der Waals surface area (Å²) < 4.78 is 37.8. The number of thioether (sulfide) groups is 1. The maximum absolute atomic E-state index is 12.1. The molecular formula is C15H18F3N5OS. The predicted octanol–water partition coefficient (Wildman–Crippen LogP) is 3.22. The normalized spacial score (nSPS) is 12.7. The summed E-state index contributed by atoms with van der Waals surface area (Å²) in [5, 5.41) is 6.52. The first kappa shape index (κ1) is 19.1. The summed E-state index contributed by atoms with van der Waals surface area (Å²) in [6, 6.07) is 6.78. The van der Waals surface area contributed by atoms with Crippen LogP contribution >= 0.6 is 11.8 Å². The molecule has 0 saturated heterocycles. The smallest absolute Gasteiger partial charge is 0.337 e. The Hall–Kier alpha value is -2.23. The molecule has 2 aromatic rings. The third kappa shape index (κ3) is 5.66. The topological polar surface area (TPSA) is 63.1 Å². The molecule has 1 aromatic heterocycles. The van der Waals surface area contributed by atoms with E-state index in [1.165, 1.54) is 11.2 Å². The van der Waals surface area contributed by atoms with Crippen molar-refractivity contribution in [2.24, 2.45) is 0 Å². The summed E-state index contributed by atoms with van der Waals surface area (Å²) in [4.78, 5) is 17.4. The van der Waals surface area contributed by atoms with Crippen molar-refractivity contribution in [2.45, 2.75) is 18.5 Å². The van der Waals surface area contributed by atoms with Crippen molar-refractivity contribution in [3.05, 3.63) is 42.5 Å². The van der Waals surface area contributed by atoms with Gasteiger partial charge in [0.1, 0.15) is 12.7 Å². The van der Waals surface area contributed by atoms with Gasteiger partial charge in [-0.2, -0.15) is 18.3 Å². The molecule has 0 bridgehead atoms. The second kappa shape index (κ2) is 8.24. The molecule has 1 N–H and O–H groups in total. The Balaban J connectivity index is 1.88. The van der Waals surface area contributed by atoms with Gasteiger partial charge in [0.05, 0.1) is 11.7 Å². The quantitative estimate of drug-likeness (QED) is 0.790. The van der Waals surface area contributed by atoms with Crippen LogP contribution in [0, 0.1) is 0 Å². The highest BCUT2D eigenvalue weighted by atomic mass is 32.2. The van der Waals surface area contributed by atoms with Crippen LogP contribution in [0.4, 0.5) is 18.0 Å². The van der Waals surface area contributed by atoms with Crippen LogP contribution < -0.4 is 5.32 Å². The first-order valence-corrected chi connectivity index (χ1v) is 8.43. The lowest BCUT2D eigenvalue weighted by Gasteiger charge is -2.25. The van der Waals surface area contributed by atoms with Gasteiger partial charge in [-0.1, -0.05) is 12.1 Å². The molecule has 2 rings (SSSR count). The van der Waals surface area contributed by atoms with E-state index in [-0.39, 0.29) is 30.1 Å². The van der Waals surface area contributed by atoms with E-state index in [4.69, 9.17) is 0 Å². The van der Waals surface area contributed by atoms with Crippen LogP contribution in [0.5, 0.6) is 0 Å². The van der Waals surface area contributed by atoms with Gasteiger partial charge in [0.15, 0.2) is 0 Å². The summed E-state index contributed by atoms with van der Waals surface area (Å²) in [7, 11) is 1.60. The number of carbonyl (C=O) groups excluding carboxylic acids is 1. The van der Waals surface area contributed by atoms with E-state index in [2.05, 4.69) is 15.4 Å². The fraction of sp³-hybridized carbons (Fsp3) is 0.400. The van der Waals surface area contributed by atoms with Crippen LogP contribution in [-0.4, -0.2) is 50.5 Å². The number of halogens is 3. The third-order valence-corrected chi connectivity index (χ3v) is 4.34. The Bertz CT molecular complexity index is 675. The van der Waals surface area contributed by atoms with Crippen LogP contribution in [-0.2, 0) is 0 Å². The number of nitrogens with zero attached hydrogens (tertiary/aromatic N) is 4. The molecule has 6 nitrogen and oxygen atoms in total. The summed E-state index contributed by atoms with van der Waals surface area (Å²) in [6.45, 7) is 1.79. The molecule has 0 radical (unpaired) electrons. The summed E-state index contributed by atoms with van der Waals surface area (Å²) in [6.07, 6.45) is 3.02. The zero-order valence-corrected chi connectivity index (χ0v) is 14.5. The largest absolute Gasteiger partial charge is 0.441 e. The number of amides is 2. The first-order valence-electron chi connectivity index (χ1n) is 7.44. The van der Waals surface area contributed by atoms with Gasteiger partial charge in [-0.25, -0.2) is 14.5 Å². The lowest BCUT2D eigenvalue weighted by Crippen LogP contribution is -2.39. The first-order chi connectivity index (χ1) is 11.8. The van der Waals surface area contributed by atoms with E-state index in [0.29, 0.717) is 0 Å². The van der Waals surface area contributed by atoms with E-state index in [1.807, 2.05) is 31.2 Å². The average Bonchev–Trinajstić information content (AvgIpc) is 3.11. The van der Waals surface area contributed by atoms with Crippen molar-refractivity contribution in [3.63, 3.8) is 0 Å². The number of carbonyl (C=O) groups is 1. The Labute approximate surface area is 147 Å². The number of urea groups is 1. The Morgan fingerprint density at radius 1 is 1.36 bits per heavy atom. The minimum atomic E-state index is -4.28. The van der Waals surface area contributed by atoms with Crippen molar-refractivity contribution >= 4 is 17.8 Å². The minimum absolute atomic E-state index is 0.0503. The van der Waals surface area contributed by atoms with Gasteiger partial charge >= 0.3 is 11.5 Å². The maximum Gasteiger partial charge on any atom is 0.441 e. The molecule has 0 fully saturated rings. The number of hydrogen-bond donors (Lipinski definition) is 1. The van der Waals surface area contributed by atoms with Gasteiger partial charge in [0.25, 0.3) is 0 Å². The zero-order valence-electron chi connectivity index (χ0n) is 13.7. The Morgan fingerprint density at radius 2 is 2.04 bits per heavy atom. The van der Waals surface area contributed by atoms with Gasteiger partial charge in [0, 0.05) is 19.3 Å². The number of rotatable bonds is 6. The molecular weight excluding hydrogens is 355 g/mol. The molecule has 0 spiro atoms. The lowest BCUT2D eigenvalue weighted by molar-refractivity contribution is -0.0327. The molecule has 0 aliphatic carbocycles. The number of aromatic nitrogens is 3.